The number of hydrogen-bond donors (Lipinski definition) is 1. The summed E-state index contributed by atoms with van der Waals surface area (Å²) in [4.78, 5) is 14.1. The van der Waals surface area contributed by atoms with Crippen LogP contribution in [0.3, 0.4) is 0 Å². The number of aromatic nitrogens is 1. The highest BCUT2D eigenvalue weighted by Crippen LogP contribution is 2.14. The SMILES string of the molecule is CC(=O)c1ccc2cc[nH]c2c1. The number of carbonyl (C=O) groups is 1. The molecule has 1 heterocycles. The van der Waals surface area contributed by atoms with Gasteiger partial charge in [0.05, 0.1) is 0 Å². The number of rotatable bonds is 1. The van der Waals surface area contributed by atoms with E-state index < -0.39 is 0 Å². The van der Waals surface area contributed by atoms with Crippen molar-refractivity contribution >= 4 is 16.7 Å². The summed E-state index contributed by atoms with van der Waals surface area (Å²) >= 11 is 0. The van der Waals surface area contributed by atoms with Crippen molar-refractivity contribution in [3.05, 3.63) is 36.0 Å². The lowest BCUT2D eigenvalue weighted by Gasteiger charge is -1.94. The van der Waals surface area contributed by atoms with Crippen LogP contribution in [0.2, 0.25) is 0 Å². The van der Waals surface area contributed by atoms with Crippen LogP contribution in [0.1, 0.15) is 17.3 Å². The molecule has 0 radical (unpaired) electrons. The molecule has 1 aromatic heterocycles. The second-order valence-electron chi connectivity index (χ2n) is 2.84. The van der Waals surface area contributed by atoms with Crippen molar-refractivity contribution in [1.29, 1.82) is 0 Å². The lowest BCUT2D eigenvalue weighted by atomic mass is 10.1. The molecule has 2 heteroatoms. The molecule has 0 aliphatic carbocycles. The molecule has 0 unspecified atom stereocenters. The molecule has 0 amide bonds. The summed E-state index contributed by atoms with van der Waals surface area (Å²) in [7, 11) is 0. The van der Waals surface area contributed by atoms with Crippen molar-refractivity contribution in [2.75, 3.05) is 0 Å². The van der Waals surface area contributed by atoms with E-state index in [0.717, 1.165) is 16.5 Å². The molecule has 2 rings (SSSR count). The molecule has 60 valence electrons. The number of carbonyl (C=O) groups excluding carboxylic acids is 1. The Morgan fingerprint density at radius 2 is 2.17 bits per heavy atom. The van der Waals surface area contributed by atoms with Crippen LogP contribution in [0.5, 0.6) is 0 Å². The van der Waals surface area contributed by atoms with Gasteiger partial charge in [0.15, 0.2) is 5.78 Å². The van der Waals surface area contributed by atoms with Gasteiger partial charge in [-0.05, 0) is 24.4 Å². The van der Waals surface area contributed by atoms with Crippen LogP contribution in [0.4, 0.5) is 0 Å². The first-order valence-corrected chi connectivity index (χ1v) is 3.85. The molecule has 0 saturated heterocycles. The van der Waals surface area contributed by atoms with Crippen LogP contribution >= 0.6 is 0 Å². The van der Waals surface area contributed by atoms with E-state index in [4.69, 9.17) is 0 Å². The second-order valence-corrected chi connectivity index (χ2v) is 2.84. The molecule has 0 bridgehead atoms. The number of ketones is 1. The Hall–Kier alpha value is -1.57. The zero-order valence-electron chi connectivity index (χ0n) is 6.79. The number of aromatic amines is 1. The van der Waals surface area contributed by atoms with Crippen molar-refractivity contribution in [3.63, 3.8) is 0 Å². The van der Waals surface area contributed by atoms with Crippen molar-refractivity contribution in [1.82, 2.24) is 4.98 Å². The minimum Gasteiger partial charge on any atom is -0.361 e. The average molecular weight is 159 g/mol. The van der Waals surface area contributed by atoms with E-state index in [9.17, 15) is 4.79 Å². The molecule has 0 aliphatic rings. The smallest absolute Gasteiger partial charge is 0.159 e. The Morgan fingerprint density at radius 3 is 2.92 bits per heavy atom. The Balaban J connectivity index is 2.68. The molecule has 2 nitrogen and oxygen atoms in total. The van der Waals surface area contributed by atoms with E-state index in [-0.39, 0.29) is 5.78 Å². The summed E-state index contributed by atoms with van der Waals surface area (Å²) in [6.45, 7) is 1.57. The van der Waals surface area contributed by atoms with Crippen LogP contribution in [-0.2, 0) is 0 Å². The monoisotopic (exact) mass is 159 g/mol. The lowest BCUT2D eigenvalue weighted by Crippen LogP contribution is -1.90. The molecular weight excluding hydrogens is 150 g/mol. The standard InChI is InChI=1S/C10H9NO/c1-7(12)9-3-2-8-4-5-11-10(8)6-9/h2-6,11H,1H3. The zero-order valence-corrected chi connectivity index (χ0v) is 6.79. The maximum absolute atomic E-state index is 11.0. The van der Waals surface area contributed by atoms with Gasteiger partial charge in [0, 0.05) is 17.3 Å². The molecule has 0 atom stereocenters. The molecule has 12 heavy (non-hydrogen) atoms. The molecule has 0 fully saturated rings. The lowest BCUT2D eigenvalue weighted by molar-refractivity contribution is 0.101. The molecule has 1 aromatic carbocycles. The number of fused-ring (bicyclic) bond motifs is 1. The van der Waals surface area contributed by atoms with E-state index in [0.29, 0.717) is 0 Å². The minimum absolute atomic E-state index is 0.103. The number of H-pyrrole nitrogens is 1. The van der Waals surface area contributed by atoms with Crippen LogP contribution < -0.4 is 0 Å². The van der Waals surface area contributed by atoms with Gasteiger partial charge < -0.3 is 4.98 Å². The van der Waals surface area contributed by atoms with Crippen molar-refractivity contribution in [2.24, 2.45) is 0 Å². The predicted octanol–water partition coefficient (Wildman–Crippen LogP) is 2.37. The van der Waals surface area contributed by atoms with Gasteiger partial charge in [-0.2, -0.15) is 0 Å². The third-order valence-electron chi connectivity index (χ3n) is 1.96. The highest BCUT2D eigenvalue weighted by atomic mass is 16.1. The number of hydrogen-bond acceptors (Lipinski definition) is 1. The minimum atomic E-state index is 0.103. The Labute approximate surface area is 70.2 Å². The Kier molecular flexibility index (Phi) is 1.47. The van der Waals surface area contributed by atoms with Gasteiger partial charge in [-0.1, -0.05) is 12.1 Å². The highest BCUT2D eigenvalue weighted by Gasteiger charge is 2.00. The summed E-state index contributed by atoms with van der Waals surface area (Å²) < 4.78 is 0. The highest BCUT2D eigenvalue weighted by molar-refractivity contribution is 5.97. The first-order valence-electron chi connectivity index (χ1n) is 3.85. The summed E-state index contributed by atoms with van der Waals surface area (Å²) in [5.74, 6) is 0.103. The van der Waals surface area contributed by atoms with E-state index in [2.05, 4.69) is 4.98 Å². The number of benzene rings is 1. The normalized spacial score (nSPS) is 10.4. The van der Waals surface area contributed by atoms with Gasteiger partial charge >= 0.3 is 0 Å². The van der Waals surface area contributed by atoms with E-state index >= 15 is 0 Å². The van der Waals surface area contributed by atoms with Crippen molar-refractivity contribution < 1.29 is 4.79 Å². The molecule has 0 saturated carbocycles. The molecule has 2 aromatic rings. The quantitative estimate of drug-likeness (QED) is 0.636. The largest absolute Gasteiger partial charge is 0.361 e. The summed E-state index contributed by atoms with van der Waals surface area (Å²) in [5.41, 5.74) is 1.77. The molecule has 0 aliphatic heterocycles. The van der Waals surface area contributed by atoms with E-state index in [1.165, 1.54) is 0 Å². The third kappa shape index (κ3) is 1.01. The molecular formula is C10H9NO. The maximum Gasteiger partial charge on any atom is 0.159 e. The van der Waals surface area contributed by atoms with Gasteiger partial charge in [0.2, 0.25) is 0 Å². The first-order chi connectivity index (χ1) is 5.77. The molecule has 0 spiro atoms. The van der Waals surface area contributed by atoms with Gasteiger partial charge in [0.1, 0.15) is 0 Å². The topological polar surface area (TPSA) is 32.9 Å². The Morgan fingerprint density at radius 1 is 1.33 bits per heavy atom. The van der Waals surface area contributed by atoms with E-state index in [1.807, 2.05) is 30.5 Å². The summed E-state index contributed by atoms with van der Waals surface area (Å²) in [6, 6.07) is 7.65. The van der Waals surface area contributed by atoms with Crippen molar-refractivity contribution in [3.8, 4) is 0 Å². The van der Waals surface area contributed by atoms with Crippen LogP contribution in [-0.4, -0.2) is 10.8 Å². The van der Waals surface area contributed by atoms with Gasteiger partial charge in [-0.3, -0.25) is 4.79 Å². The van der Waals surface area contributed by atoms with E-state index in [1.54, 1.807) is 6.92 Å². The second kappa shape index (κ2) is 2.48. The van der Waals surface area contributed by atoms with Crippen LogP contribution in [0.25, 0.3) is 10.9 Å². The fraction of sp³-hybridized carbons (Fsp3) is 0.100. The third-order valence-corrected chi connectivity index (χ3v) is 1.96. The van der Waals surface area contributed by atoms with Crippen LogP contribution in [0.15, 0.2) is 30.5 Å². The van der Waals surface area contributed by atoms with Crippen molar-refractivity contribution in [2.45, 2.75) is 6.92 Å². The summed E-state index contributed by atoms with van der Waals surface area (Å²) in [5, 5.41) is 1.14. The number of nitrogens with one attached hydrogen (secondary N) is 1. The predicted molar refractivity (Wildman–Crippen MR) is 48.3 cm³/mol. The summed E-state index contributed by atoms with van der Waals surface area (Å²) in [6.07, 6.45) is 1.87. The van der Waals surface area contributed by atoms with Gasteiger partial charge in [-0.15, -0.1) is 0 Å². The number of Topliss-reactive ketones (excluding diaryl/α,β-unsaturated/α-hetero) is 1. The average Bonchev–Trinajstić information content (AvgIpc) is 2.49. The zero-order chi connectivity index (χ0) is 8.55. The van der Waals surface area contributed by atoms with Gasteiger partial charge in [0.25, 0.3) is 0 Å². The van der Waals surface area contributed by atoms with Crippen LogP contribution in [0, 0.1) is 0 Å². The molecule has 1 N–H and O–H groups in total. The fourth-order valence-corrected chi connectivity index (χ4v) is 1.27. The maximum atomic E-state index is 11.0. The first kappa shape index (κ1) is 7.10. The Bertz CT molecular complexity index is 428. The van der Waals surface area contributed by atoms with Gasteiger partial charge in [-0.25, -0.2) is 0 Å². The fourth-order valence-electron chi connectivity index (χ4n) is 1.27.